The van der Waals surface area contributed by atoms with E-state index in [1.165, 1.54) is 0 Å². The summed E-state index contributed by atoms with van der Waals surface area (Å²) in [5.74, 6) is 0.0620. The lowest BCUT2D eigenvalue weighted by Crippen LogP contribution is -2.43. The van der Waals surface area contributed by atoms with Crippen molar-refractivity contribution in [1.29, 1.82) is 0 Å². The maximum atomic E-state index is 12.1. The third kappa shape index (κ3) is 3.49. The largest absolute Gasteiger partial charge is 0.325 e. The number of thiazole rings is 1. The molecule has 1 unspecified atom stereocenters. The Balaban J connectivity index is 1.65. The monoisotopic (exact) mass is 301 g/mol. The predicted octanol–water partition coefficient (Wildman–Crippen LogP) is 3.20. The SMILES string of the molecule is Cc1nc(-c2ccc(NC(=O)C3CCCCN3)cc2)cs1. The number of nitrogens with one attached hydrogen (secondary N) is 2. The first-order valence-corrected chi connectivity index (χ1v) is 8.17. The Hall–Kier alpha value is -1.72. The smallest absolute Gasteiger partial charge is 0.241 e. The van der Waals surface area contributed by atoms with Gasteiger partial charge in [0.2, 0.25) is 5.91 Å². The first kappa shape index (κ1) is 14.2. The van der Waals surface area contributed by atoms with Crippen molar-refractivity contribution < 1.29 is 4.79 Å². The molecule has 2 aromatic rings. The number of hydrogen-bond acceptors (Lipinski definition) is 4. The van der Waals surface area contributed by atoms with Gasteiger partial charge in [-0.05, 0) is 38.4 Å². The normalized spacial score (nSPS) is 18.4. The lowest BCUT2D eigenvalue weighted by molar-refractivity contribution is -0.118. The molecule has 1 amide bonds. The average Bonchev–Trinajstić information content (AvgIpc) is 2.95. The van der Waals surface area contributed by atoms with Crippen molar-refractivity contribution in [2.45, 2.75) is 32.2 Å². The zero-order valence-electron chi connectivity index (χ0n) is 12.1. The summed E-state index contributed by atoms with van der Waals surface area (Å²) in [6, 6.07) is 7.81. The Morgan fingerprint density at radius 2 is 2.14 bits per heavy atom. The molecular formula is C16H19N3OS. The third-order valence-electron chi connectivity index (χ3n) is 3.69. The van der Waals surface area contributed by atoms with Gasteiger partial charge in [-0.25, -0.2) is 4.98 Å². The minimum atomic E-state index is -0.0559. The molecule has 0 radical (unpaired) electrons. The molecule has 1 aliphatic rings. The van der Waals surface area contributed by atoms with Gasteiger partial charge < -0.3 is 10.6 Å². The van der Waals surface area contributed by atoms with E-state index in [-0.39, 0.29) is 11.9 Å². The number of aromatic nitrogens is 1. The molecule has 3 rings (SSSR count). The fraction of sp³-hybridized carbons (Fsp3) is 0.375. The summed E-state index contributed by atoms with van der Waals surface area (Å²) in [4.78, 5) is 16.6. The second-order valence-corrected chi connectivity index (χ2v) is 6.38. The highest BCUT2D eigenvalue weighted by molar-refractivity contribution is 7.09. The van der Waals surface area contributed by atoms with Crippen LogP contribution in [0.3, 0.4) is 0 Å². The van der Waals surface area contributed by atoms with Crippen molar-refractivity contribution in [3.05, 3.63) is 34.7 Å². The highest BCUT2D eigenvalue weighted by Crippen LogP contribution is 2.23. The number of aryl methyl sites for hydroxylation is 1. The molecule has 0 bridgehead atoms. The fourth-order valence-electron chi connectivity index (χ4n) is 2.53. The Morgan fingerprint density at radius 1 is 1.33 bits per heavy atom. The van der Waals surface area contributed by atoms with Crippen LogP contribution in [0.25, 0.3) is 11.3 Å². The van der Waals surface area contributed by atoms with Crippen LogP contribution in [0, 0.1) is 6.92 Å². The van der Waals surface area contributed by atoms with Crippen LogP contribution in [-0.4, -0.2) is 23.5 Å². The van der Waals surface area contributed by atoms with E-state index in [0.29, 0.717) is 0 Å². The summed E-state index contributed by atoms with van der Waals surface area (Å²) < 4.78 is 0. The van der Waals surface area contributed by atoms with E-state index in [1.54, 1.807) is 11.3 Å². The summed E-state index contributed by atoms with van der Waals surface area (Å²) in [5.41, 5.74) is 2.90. The summed E-state index contributed by atoms with van der Waals surface area (Å²) in [7, 11) is 0. The van der Waals surface area contributed by atoms with Crippen LogP contribution in [0.15, 0.2) is 29.6 Å². The maximum absolute atomic E-state index is 12.1. The van der Waals surface area contributed by atoms with Crippen LogP contribution in [0.4, 0.5) is 5.69 Å². The minimum absolute atomic E-state index is 0.0559. The van der Waals surface area contributed by atoms with Crippen LogP contribution in [0.2, 0.25) is 0 Å². The highest BCUT2D eigenvalue weighted by atomic mass is 32.1. The number of nitrogens with zero attached hydrogens (tertiary/aromatic N) is 1. The van der Waals surface area contributed by atoms with E-state index < -0.39 is 0 Å². The summed E-state index contributed by atoms with van der Waals surface area (Å²) in [6.45, 7) is 2.93. The number of hydrogen-bond donors (Lipinski definition) is 2. The molecule has 2 N–H and O–H groups in total. The molecule has 4 nitrogen and oxygen atoms in total. The van der Waals surface area contributed by atoms with Gasteiger partial charge in [-0.1, -0.05) is 18.6 Å². The first-order chi connectivity index (χ1) is 10.2. The zero-order chi connectivity index (χ0) is 14.7. The fourth-order valence-corrected chi connectivity index (χ4v) is 3.15. The molecule has 1 saturated heterocycles. The van der Waals surface area contributed by atoms with E-state index in [1.807, 2.05) is 31.2 Å². The van der Waals surface area contributed by atoms with Crippen molar-refractivity contribution in [2.75, 3.05) is 11.9 Å². The molecule has 21 heavy (non-hydrogen) atoms. The number of piperidine rings is 1. The summed E-state index contributed by atoms with van der Waals surface area (Å²) >= 11 is 1.64. The molecule has 1 aromatic heterocycles. The maximum Gasteiger partial charge on any atom is 0.241 e. The molecule has 1 fully saturated rings. The van der Waals surface area contributed by atoms with Crippen molar-refractivity contribution in [3.63, 3.8) is 0 Å². The van der Waals surface area contributed by atoms with Gasteiger partial charge in [0.25, 0.3) is 0 Å². The second-order valence-electron chi connectivity index (χ2n) is 5.32. The van der Waals surface area contributed by atoms with Gasteiger partial charge in [-0.3, -0.25) is 4.79 Å². The van der Waals surface area contributed by atoms with E-state index in [4.69, 9.17) is 0 Å². The molecule has 0 spiro atoms. The first-order valence-electron chi connectivity index (χ1n) is 7.29. The van der Waals surface area contributed by atoms with E-state index in [0.717, 1.165) is 47.8 Å². The number of anilines is 1. The Bertz CT molecular complexity index is 615. The quantitative estimate of drug-likeness (QED) is 0.915. The molecule has 1 aromatic carbocycles. The third-order valence-corrected chi connectivity index (χ3v) is 4.47. The van der Waals surface area contributed by atoms with Crippen LogP contribution in [0.5, 0.6) is 0 Å². The average molecular weight is 301 g/mol. The number of carbonyl (C=O) groups excluding carboxylic acids is 1. The van der Waals surface area contributed by atoms with Crippen LogP contribution in [-0.2, 0) is 4.79 Å². The van der Waals surface area contributed by atoms with Crippen molar-refractivity contribution >= 4 is 22.9 Å². The summed E-state index contributed by atoms with van der Waals surface area (Å²) in [6.07, 6.45) is 3.20. The van der Waals surface area contributed by atoms with Crippen molar-refractivity contribution in [2.24, 2.45) is 0 Å². The van der Waals surface area contributed by atoms with Gasteiger partial charge in [-0.2, -0.15) is 0 Å². The molecule has 0 aliphatic carbocycles. The Labute approximate surface area is 128 Å². The van der Waals surface area contributed by atoms with Gasteiger partial charge in [-0.15, -0.1) is 11.3 Å². The lowest BCUT2D eigenvalue weighted by Gasteiger charge is -2.22. The summed E-state index contributed by atoms with van der Waals surface area (Å²) in [5, 5.41) is 9.35. The minimum Gasteiger partial charge on any atom is -0.325 e. The van der Waals surface area contributed by atoms with Crippen molar-refractivity contribution in [3.8, 4) is 11.3 Å². The topological polar surface area (TPSA) is 54.0 Å². The van der Waals surface area contributed by atoms with Gasteiger partial charge in [0.15, 0.2) is 0 Å². The lowest BCUT2D eigenvalue weighted by atomic mass is 10.0. The Morgan fingerprint density at radius 3 is 2.76 bits per heavy atom. The van der Waals surface area contributed by atoms with E-state index in [2.05, 4.69) is 21.0 Å². The zero-order valence-corrected chi connectivity index (χ0v) is 12.9. The molecule has 1 aliphatic heterocycles. The van der Waals surface area contributed by atoms with Gasteiger partial charge >= 0.3 is 0 Å². The second kappa shape index (κ2) is 6.37. The van der Waals surface area contributed by atoms with Gasteiger partial charge in [0, 0.05) is 16.6 Å². The predicted molar refractivity (Wildman–Crippen MR) is 86.6 cm³/mol. The number of amides is 1. The molecular weight excluding hydrogens is 282 g/mol. The number of rotatable bonds is 3. The molecule has 1 atom stereocenters. The van der Waals surface area contributed by atoms with E-state index >= 15 is 0 Å². The molecule has 0 saturated carbocycles. The molecule has 110 valence electrons. The molecule has 5 heteroatoms. The Kier molecular flexibility index (Phi) is 4.31. The van der Waals surface area contributed by atoms with Crippen LogP contribution < -0.4 is 10.6 Å². The van der Waals surface area contributed by atoms with Crippen molar-refractivity contribution in [1.82, 2.24) is 10.3 Å². The van der Waals surface area contributed by atoms with Crippen LogP contribution in [0.1, 0.15) is 24.3 Å². The van der Waals surface area contributed by atoms with Crippen LogP contribution >= 0.6 is 11.3 Å². The van der Waals surface area contributed by atoms with Gasteiger partial charge in [0.05, 0.1) is 16.7 Å². The highest BCUT2D eigenvalue weighted by Gasteiger charge is 2.20. The number of carbonyl (C=O) groups is 1. The van der Waals surface area contributed by atoms with Gasteiger partial charge in [0.1, 0.15) is 0 Å². The van der Waals surface area contributed by atoms with E-state index in [9.17, 15) is 4.79 Å². The molecule has 2 heterocycles. The number of benzene rings is 1. The standard InChI is InChI=1S/C16H19N3OS/c1-11-18-15(10-21-11)12-5-7-13(8-6-12)19-16(20)14-4-2-3-9-17-14/h5-8,10,14,17H,2-4,9H2,1H3,(H,19,20).